The fourth-order valence-electron chi connectivity index (χ4n) is 1.36. The van der Waals surface area contributed by atoms with Crippen LogP contribution in [0.5, 0.6) is 0 Å². The van der Waals surface area contributed by atoms with E-state index in [2.05, 4.69) is 21.2 Å². The minimum Gasteiger partial charge on any atom is -0.480 e. The summed E-state index contributed by atoms with van der Waals surface area (Å²) in [5, 5.41) is 12.1. The number of nitrogens with one attached hydrogen (secondary N) is 1. The molecule has 1 atom stereocenters. The van der Waals surface area contributed by atoms with Crippen LogP contribution in [0.25, 0.3) is 0 Å². The van der Waals surface area contributed by atoms with Crippen LogP contribution in [0.15, 0.2) is 22.7 Å². The second kappa shape index (κ2) is 5.39. The molecule has 5 nitrogen and oxygen atoms in total. The predicted molar refractivity (Wildman–Crippen MR) is 72.6 cm³/mol. The molecule has 0 aliphatic rings. The first-order chi connectivity index (χ1) is 8.30. The Bertz CT molecular complexity index is 490. The first kappa shape index (κ1) is 14.5. The van der Waals surface area contributed by atoms with Gasteiger partial charge in [0.2, 0.25) is 5.91 Å². The summed E-state index contributed by atoms with van der Waals surface area (Å²) < 4.78 is 0.597. The lowest BCUT2D eigenvalue weighted by Crippen LogP contribution is -2.42. The number of primary amides is 1. The van der Waals surface area contributed by atoms with Crippen molar-refractivity contribution in [3.05, 3.63) is 28.2 Å². The maximum absolute atomic E-state index is 11.2. The standard InChI is InChI=1S/C12H15BrN2O3/c1-3-12(2,11(17)18)15-9-5-4-7(10(14)16)6-8(9)13/h4-6,15H,3H2,1-2H3,(H2,14,16)(H,17,18). The van der Waals surface area contributed by atoms with Crippen molar-refractivity contribution in [2.75, 3.05) is 5.32 Å². The van der Waals surface area contributed by atoms with E-state index in [1.807, 2.05) is 0 Å². The van der Waals surface area contributed by atoms with Crippen LogP contribution in [0.4, 0.5) is 5.69 Å². The minimum atomic E-state index is -1.06. The number of aliphatic carboxylic acids is 1. The predicted octanol–water partition coefficient (Wildman–Crippen LogP) is 2.21. The zero-order valence-corrected chi connectivity index (χ0v) is 11.7. The molecule has 0 saturated carbocycles. The van der Waals surface area contributed by atoms with Crippen LogP contribution in [-0.2, 0) is 4.79 Å². The number of hydrogen-bond donors (Lipinski definition) is 3. The number of carbonyl (C=O) groups is 2. The van der Waals surface area contributed by atoms with Gasteiger partial charge in [-0.25, -0.2) is 4.79 Å². The molecule has 98 valence electrons. The maximum atomic E-state index is 11.2. The Morgan fingerprint density at radius 1 is 1.50 bits per heavy atom. The van der Waals surface area contributed by atoms with Gasteiger partial charge in [-0.05, 0) is 47.5 Å². The Labute approximate surface area is 113 Å². The van der Waals surface area contributed by atoms with Gasteiger partial charge in [0.05, 0.1) is 0 Å². The maximum Gasteiger partial charge on any atom is 0.329 e. The van der Waals surface area contributed by atoms with E-state index in [-0.39, 0.29) is 0 Å². The van der Waals surface area contributed by atoms with Gasteiger partial charge in [0, 0.05) is 15.7 Å². The first-order valence-corrected chi connectivity index (χ1v) is 6.20. The molecule has 0 heterocycles. The van der Waals surface area contributed by atoms with Crippen LogP contribution in [-0.4, -0.2) is 22.5 Å². The lowest BCUT2D eigenvalue weighted by atomic mass is 9.98. The molecule has 0 fully saturated rings. The van der Waals surface area contributed by atoms with Gasteiger partial charge >= 0.3 is 5.97 Å². The highest BCUT2D eigenvalue weighted by atomic mass is 79.9. The molecule has 4 N–H and O–H groups in total. The third-order valence-corrected chi connectivity index (χ3v) is 3.50. The molecule has 6 heteroatoms. The molecule has 0 bridgehead atoms. The van der Waals surface area contributed by atoms with E-state index in [1.165, 1.54) is 0 Å². The van der Waals surface area contributed by atoms with Crippen molar-refractivity contribution in [1.29, 1.82) is 0 Å². The second-order valence-corrected chi connectivity index (χ2v) is 5.03. The number of amides is 1. The van der Waals surface area contributed by atoms with Crippen LogP contribution in [0.2, 0.25) is 0 Å². The van der Waals surface area contributed by atoms with E-state index in [0.29, 0.717) is 22.1 Å². The molecular formula is C12H15BrN2O3. The molecule has 1 aromatic carbocycles. The minimum absolute atomic E-state index is 0.362. The van der Waals surface area contributed by atoms with E-state index >= 15 is 0 Å². The summed E-state index contributed by atoms with van der Waals surface area (Å²) in [7, 11) is 0. The Hall–Kier alpha value is -1.56. The molecule has 0 spiro atoms. The van der Waals surface area contributed by atoms with Crippen molar-refractivity contribution in [1.82, 2.24) is 0 Å². The fraction of sp³-hybridized carbons (Fsp3) is 0.333. The summed E-state index contributed by atoms with van der Waals surface area (Å²) in [6, 6.07) is 4.73. The zero-order chi connectivity index (χ0) is 13.9. The average Bonchev–Trinajstić information content (AvgIpc) is 2.31. The zero-order valence-electron chi connectivity index (χ0n) is 10.2. The summed E-state index contributed by atoms with van der Waals surface area (Å²) in [5.41, 5.74) is 5.07. The van der Waals surface area contributed by atoms with Crippen molar-refractivity contribution >= 4 is 33.5 Å². The summed E-state index contributed by atoms with van der Waals surface area (Å²) >= 11 is 3.28. The highest BCUT2D eigenvalue weighted by Crippen LogP contribution is 2.27. The van der Waals surface area contributed by atoms with Crippen LogP contribution >= 0.6 is 15.9 Å². The molecule has 0 saturated heterocycles. The first-order valence-electron chi connectivity index (χ1n) is 5.41. The van der Waals surface area contributed by atoms with E-state index in [1.54, 1.807) is 32.0 Å². The largest absolute Gasteiger partial charge is 0.480 e. The van der Waals surface area contributed by atoms with Gasteiger partial charge in [-0.3, -0.25) is 4.79 Å². The average molecular weight is 315 g/mol. The number of benzene rings is 1. The Kier molecular flexibility index (Phi) is 4.34. The number of carboxylic acids is 1. The van der Waals surface area contributed by atoms with Gasteiger partial charge in [-0.15, -0.1) is 0 Å². The Morgan fingerprint density at radius 2 is 2.11 bits per heavy atom. The summed E-state index contributed by atoms with van der Waals surface area (Å²) in [5.74, 6) is -1.46. The Morgan fingerprint density at radius 3 is 2.50 bits per heavy atom. The van der Waals surface area contributed by atoms with Crippen molar-refractivity contribution in [3.63, 3.8) is 0 Å². The molecule has 18 heavy (non-hydrogen) atoms. The third-order valence-electron chi connectivity index (χ3n) is 2.84. The van der Waals surface area contributed by atoms with Gasteiger partial charge in [-0.2, -0.15) is 0 Å². The number of carboxylic acid groups (broad SMARTS) is 1. The van der Waals surface area contributed by atoms with Gasteiger partial charge < -0.3 is 16.2 Å². The molecule has 1 unspecified atom stereocenters. The SMILES string of the molecule is CCC(C)(Nc1ccc(C(N)=O)cc1Br)C(=O)O. The van der Waals surface area contributed by atoms with E-state index < -0.39 is 17.4 Å². The molecule has 1 aromatic rings. The normalized spacial score (nSPS) is 13.7. The van der Waals surface area contributed by atoms with Crippen molar-refractivity contribution in [2.45, 2.75) is 25.8 Å². The van der Waals surface area contributed by atoms with Gasteiger partial charge in [0.1, 0.15) is 5.54 Å². The number of nitrogens with two attached hydrogens (primary N) is 1. The van der Waals surface area contributed by atoms with Crippen LogP contribution in [0.1, 0.15) is 30.6 Å². The molecule has 0 aliphatic heterocycles. The molecular weight excluding hydrogens is 300 g/mol. The number of carbonyl (C=O) groups excluding carboxylic acids is 1. The Balaban J connectivity index is 3.05. The van der Waals surface area contributed by atoms with Crippen LogP contribution in [0.3, 0.4) is 0 Å². The molecule has 0 aromatic heterocycles. The highest BCUT2D eigenvalue weighted by Gasteiger charge is 2.31. The molecule has 0 aliphatic carbocycles. The number of halogens is 1. The fourth-order valence-corrected chi connectivity index (χ4v) is 1.84. The lowest BCUT2D eigenvalue weighted by Gasteiger charge is -2.26. The monoisotopic (exact) mass is 314 g/mol. The van der Waals surface area contributed by atoms with Gasteiger partial charge in [0.25, 0.3) is 0 Å². The summed E-state index contributed by atoms with van der Waals surface area (Å²) in [6.07, 6.45) is 0.423. The smallest absolute Gasteiger partial charge is 0.329 e. The quantitative estimate of drug-likeness (QED) is 0.777. The van der Waals surface area contributed by atoms with E-state index in [4.69, 9.17) is 5.73 Å². The van der Waals surface area contributed by atoms with Crippen LogP contribution in [0, 0.1) is 0 Å². The highest BCUT2D eigenvalue weighted by molar-refractivity contribution is 9.10. The molecule has 1 amide bonds. The summed E-state index contributed by atoms with van der Waals surface area (Å²) in [4.78, 5) is 22.2. The number of anilines is 1. The topological polar surface area (TPSA) is 92.4 Å². The molecule has 0 radical (unpaired) electrons. The van der Waals surface area contributed by atoms with Crippen molar-refractivity contribution in [2.24, 2.45) is 5.73 Å². The van der Waals surface area contributed by atoms with Crippen LogP contribution < -0.4 is 11.1 Å². The van der Waals surface area contributed by atoms with E-state index in [0.717, 1.165) is 0 Å². The number of hydrogen-bond acceptors (Lipinski definition) is 3. The lowest BCUT2D eigenvalue weighted by molar-refractivity contribution is -0.141. The van der Waals surface area contributed by atoms with Gasteiger partial charge in [-0.1, -0.05) is 6.92 Å². The van der Waals surface area contributed by atoms with Gasteiger partial charge in [0.15, 0.2) is 0 Å². The third kappa shape index (κ3) is 3.01. The van der Waals surface area contributed by atoms with Crippen molar-refractivity contribution < 1.29 is 14.7 Å². The second-order valence-electron chi connectivity index (χ2n) is 4.17. The van der Waals surface area contributed by atoms with E-state index in [9.17, 15) is 14.7 Å². The van der Waals surface area contributed by atoms with Crippen molar-refractivity contribution in [3.8, 4) is 0 Å². The number of rotatable bonds is 5. The summed E-state index contributed by atoms with van der Waals surface area (Å²) in [6.45, 7) is 3.39. The molecule has 1 rings (SSSR count).